The van der Waals surface area contributed by atoms with Gasteiger partial charge in [0.25, 0.3) is 5.91 Å². The molecule has 1 atom stereocenters. The molecule has 3 rings (SSSR count). The average molecular weight is 305 g/mol. The zero-order valence-corrected chi connectivity index (χ0v) is 13.0. The monoisotopic (exact) mass is 305 g/mol. The lowest BCUT2D eigenvalue weighted by atomic mass is 9.96. The molecule has 0 fully saturated rings. The molecule has 1 amide bonds. The lowest BCUT2D eigenvalue weighted by molar-refractivity contribution is 0.0527. The molecule has 23 heavy (non-hydrogen) atoms. The fraction of sp³-hybridized carbons (Fsp3) is 0.150. The van der Waals surface area contributed by atoms with Crippen LogP contribution >= 0.6 is 0 Å². The van der Waals surface area contributed by atoms with E-state index in [0.29, 0.717) is 5.56 Å². The Morgan fingerprint density at radius 2 is 1.61 bits per heavy atom. The highest BCUT2D eigenvalue weighted by Gasteiger charge is 2.24. The zero-order chi connectivity index (χ0) is 16.3. The number of benzene rings is 3. The minimum atomic E-state index is -1.11. The van der Waals surface area contributed by atoms with Crippen LogP contribution in [0.4, 0.5) is 0 Å². The fourth-order valence-electron chi connectivity index (χ4n) is 2.67. The van der Waals surface area contributed by atoms with Crippen LogP contribution in [0, 0.1) is 0 Å². The van der Waals surface area contributed by atoms with E-state index in [9.17, 15) is 9.90 Å². The van der Waals surface area contributed by atoms with Crippen LogP contribution in [-0.4, -0.2) is 17.6 Å². The first-order chi connectivity index (χ1) is 11.1. The van der Waals surface area contributed by atoms with Crippen molar-refractivity contribution in [2.24, 2.45) is 0 Å². The number of hydrogen-bond donors (Lipinski definition) is 2. The van der Waals surface area contributed by atoms with E-state index in [4.69, 9.17) is 0 Å². The first kappa shape index (κ1) is 15.3. The Bertz CT molecular complexity index is 820. The number of hydrogen-bond acceptors (Lipinski definition) is 2. The Balaban J connectivity index is 1.79. The van der Waals surface area contributed by atoms with Gasteiger partial charge in [-0.3, -0.25) is 4.79 Å². The van der Waals surface area contributed by atoms with E-state index in [1.807, 2.05) is 66.7 Å². The fourth-order valence-corrected chi connectivity index (χ4v) is 2.67. The van der Waals surface area contributed by atoms with Gasteiger partial charge in [-0.05, 0) is 29.3 Å². The molecule has 0 aliphatic heterocycles. The van der Waals surface area contributed by atoms with Crippen LogP contribution in [0.25, 0.3) is 10.8 Å². The van der Waals surface area contributed by atoms with Crippen LogP contribution in [0.1, 0.15) is 22.8 Å². The quantitative estimate of drug-likeness (QED) is 0.775. The van der Waals surface area contributed by atoms with E-state index in [1.54, 1.807) is 13.0 Å². The van der Waals surface area contributed by atoms with Crippen LogP contribution in [0.5, 0.6) is 0 Å². The molecule has 116 valence electrons. The van der Waals surface area contributed by atoms with Crippen molar-refractivity contribution in [3.05, 3.63) is 83.9 Å². The summed E-state index contributed by atoms with van der Waals surface area (Å²) in [7, 11) is 0. The topological polar surface area (TPSA) is 49.3 Å². The second-order valence-corrected chi connectivity index (χ2v) is 5.85. The van der Waals surface area contributed by atoms with E-state index in [0.717, 1.165) is 16.3 Å². The maximum Gasteiger partial charge on any atom is 0.252 e. The third-order valence-corrected chi connectivity index (χ3v) is 4.02. The van der Waals surface area contributed by atoms with Crippen molar-refractivity contribution in [3.8, 4) is 0 Å². The molecule has 0 spiro atoms. The molecule has 3 aromatic rings. The Labute approximate surface area is 135 Å². The van der Waals surface area contributed by atoms with Crippen molar-refractivity contribution in [2.75, 3.05) is 6.54 Å². The summed E-state index contributed by atoms with van der Waals surface area (Å²) >= 11 is 0. The largest absolute Gasteiger partial charge is 0.384 e. The number of rotatable bonds is 4. The number of nitrogens with one attached hydrogen (secondary N) is 1. The number of carbonyl (C=O) groups excluding carboxylic acids is 1. The highest BCUT2D eigenvalue weighted by atomic mass is 16.3. The second kappa shape index (κ2) is 6.23. The minimum Gasteiger partial charge on any atom is -0.384 e. The maximum atomic E-state index is 12.5. The molecule has 3 heteroatoms. The molecule has 0 aromatic heterocycles. The van der Waals surface area contributed by atoms with Crippen molar-refractivity contribution in [1.82, 2.24) is 5.32 Å². The van der Waals surface area contributed by atoms with Gasteiger partial charge < -0.3 is 10.4 Å². The number of aliphatic hydroxyl groups is 1. The van der Waals surface area contributed by atoms with E-state index < -0.39 is 5.60 Å². The van der Waals surface area contributed by atoms with Gasteiger partial charge in [-0.2, -0.15) is 0 Å². The van der Waals surface area contributed by atoms with Crippen molar-refractivity contribution < 1.29 is 9.90 Å². The molecule has 0 heterocycles. The van der Waals surface area contributed by atoms with E-state index in [1.165, 1.54) is 0 Å². The normalized spacial score (nSPS) is 13.5. The van der Waals surface area contributed by atoms with E-state index >= 15 is 0 Å². The zero-order valence-electron chi connectivity index (χ0n) is 13.0. The van der Waals surface area contributed by atoms with Gasteiger partial charge in [-0.15, -0.1) is 0 Å². The predicted octanol–water partition coefficient (Wildman–Crippen LogP) is 3.48. The first-order valence-electron chi connectivity index (χ1n) is 7.62. The number of fused-ring (bicyclic) bond motifs is 1. The van der Waals surface area contributed by atoms with Gasteiger partial charge in [-0.1, -0.05) is 66.7 Å². The summed E-state index contributed by atoms with van der Waals surface area (Å²) in [6, 6.07) is 22.8. The van der Waals surface area contributed by atoms with Crippen molar-refractivity contribution in [2.45, 2.75) is 12.5 Å². The molecule has 0 saturated heterocycles. The van der Waals surface area contributed by atoms with Gasteiger partial charge in [0.05, 0.1) is 6.54 Å². The third kappa shape index (κ3) is 3.25. The standard InChI is InChI=1S/C20H19NO2/c1-20(23,16-10-3-2-4-11-16)14-21-19(22)18-13-7-9-15-8-5-6-12-17(15)18/h2-13,23H,14H2,1H3,(H,21,22). The second-order valence-electron chi connectivity index (χ2n) is 5.85. The summed E-state index contributed by atoms with van der Waals surface area (Å²) in [6.07, 6.45) is 0. The third-order valence-electron chi connectivity index (χ3n) is 4.02. The first-order valence-corrected chi connectivity index (χ1v) is 7.62. The van der Waals surface area contributed by atoms with Crippen LogP contribution in [0.3, 0.4) is 0 Å². The molecular formula is C20H19NO2. The summed E-state index contributed by atoms with van der Waals surface area (Å²) in [5, 5.41) is 15.4. The molecule has 3 aromatic carbocycles. The molecule has 0 saturated carbocycles. The number of amides is 1. The van der Waals surface area contributed by atoms with Crippen molar-refractivity contribution >= 4 is 16.7 Å². The maximum absolute atomic E-state index is 12.5. The summed E-state index contributed by atoms with van der Waals surface area (Å²) < 4.78 is 0. The number of carbonyl (C=O) groups is 1. The van der Waals surface area contributed by atoms with Gasteiger partial charge in [0.1, 0.15) is 5.60 Å². The molecule has 2 N–H and O–H groups in total. The minimum absolute atomic E-state index is 0.152. The van der Waals surface area contributed by atoms with Crippen molar-refractivity contribution in [3.63, 3.8) is 0 Å². The SMILES string of the molecule is CC(O)(CNC(=O)c1cccc2ccccc12)c1ccccc1. The van der Waals surface area contributed by atoms with E-state index in [-0.39, 0.29) is 12.5 Å². The highest BCUT2D eigenvalue weighted by Crippen LogP contribution is 2.21. The Morgan fingerprint density at radius 3 is 2.39 bits per heavy atom. The summed E-state index contributed by atoms with van der Waals surface area (Å²) in [6.45, 7) is 1.85. The molecular weight excluding hydrogens is 286 g/mol. The van der Waals surface area contributed by atoms with E-state index in [2.05, 4.69) is 5.32 Å². The lowest BCUT2D eigenvalue weighted by Gasteiger charge is -2.24. The summed E-state index contributed by atoms with van der Waals surface area (Å²) in [5.74, 6) is -0.182. The molecule has 0 aliphatic carbocycles. The predicted molar refractivity (Wildman–Crippen MR) is 92.3 cm³/mol. The van der Waals surface area contributed by atoms with Gasteiger partial charge in [0, 0.05) is 5.56 Å². The van der Waals surface area contributed by atoms with Gasteiger partial charge in [0.15, 0.2) is 0 Å². The van der Waals surface area contributed by atoms with Crippen LogP contribution < -0.4 is 5.32 Å². The molecule has 0 aliphatic rings. The molecule has 1 unspecified atom stereocenters. The van der Waals surface area contributed by atoms with Crippen LogP contribution in [-0.2, 0) is 5.60 Å². The Kier molecular flexibility index (Phi) is 4.13. The van der Waals surface area contributed by atoms with Crippen LogP contribution in [0.15, 0.2) is 72.8 Å². The summed E-state index contributed by atoms with van der Waals surface area (Å²) in [4.78, 5) is 12.5. The lowest BCUT2D eigenvalue weighted by Crippen LogP contribution is -2.38. The van der Waals surface area contributed by atoms with Crippen molar-refractivity contribution in [1.29, 1.82) is 0 Å². The highest BCUT2D eigenvalue weighted by molar-refractivity contribution is 6.07. The average Bonchev–Trinajstić information content (AvgIpc) is 2.60. The molecule has 0 radical (unpaired) electrons. The van der Waals surface area contributed by atoms with Gasteiger partial charge in [-0.25, -0.2) is 0 Å². The smallest absolute Gasteiger partial charge is 0.252 e. The van der Waals surface area contributed by atoms with Crippen LogP contribution in [0.2, 0.25) is 0 Å². The molecule has 0 bridgehead atoms. The molecule has 3 nitrogen and oxygen atoms in total. The Hall–Kier alpha value is -2.65. The summed E-state index contributed by atoms with van der Waals surface area (Å²) in [5.41, 5.74) is 0.284. The van der Waals surface area contributed by atoms with Gasteiger partial charge in [0.2, 0.25) is 0 Å². The van der Waals surface area contributed by atoms with Gasteiger partial charge >= 0.3 is 0 Å². The Morgan fingerprint density at radius 1 is 0.957 bits per heavy atom.